The van der Waals surface area contributed by atoms with E-state index in [9.17, 15) is 14.7 Å². The second kappa shape index (κ2) is 14.9. The van der Waals surface area contributed by atoms with Crippen LogP contribution in [0.1, 0.15) is 55.0 Å². The summed E-state index contributed by atoms with van der Waals surface area (Å²) in [5, 5.41) is 11.5. The molecule has 1 heterocycles. The van der Waals surface area contributed by atoms with Gasteiger partial charge >= 0.3 is 0 Å². The standard InChI is InChI=1S/C36H44N2O6/c1-24(2)18-21-43-30-17-14-27(22-31(30)42-6)33-32(35(40)36(41)38(33)20-9-19-37(4)5)34(39)26-12-15-29(16-13-26)44-23-28-11-8-7-10-25(28)3/h7-8,10-17,22,24,33,39H,9,18-21,23H2,1-6H3. The van der Waals surface area contributed by atoms with Crippen molar-refractivity contribution >= 4 is 17.4 Å². The number of aliphatic hydroxyl groups excluding tert-OH is 1. The number of aryl methyl sites for hydroxylation is 1. The van der Waals surface area contributed by atoms with Crippen molar-refractivity contribution in [2.75, 3.05) is 40.9 Å². The Bertz CT molecular complexity index is 1480. The molecule has 1 N–H and O–H groups in total. The molecule has 0 spiro atoms. The third-order valence-corrected chi connectivity index (χ3v) is 7.78. The van der Waals surface area contributed by atoms with Crippen LogP contribution >= 0.6 is 0 Å². The lowest BCUT2D eigenvalue weighted by molar-refractivity contribution is -0.139. The largest absolute Gasteiger partial charge is 0.507 e. The second-order valence-corrected chi connectivity index (χ2v) is 11.8. The highest BCUT2D eigenvalue weighted by atomic mass is 16.5. The van der Waals surface area contributed by atoms with Crippen molar-refractivity contribution in [2.45, 2.75) is 46.3 Å². The molecule has 1 unspecified atom stereocenters. The number of methoxy groups -OCH3 is 1. The lowest BCUT2D eigenvalue weighted by Crippen LogP contribution is -2.32. The number of carbonyl (C=O) groups is 2. The van der Waals surface area contributed by atoms with Crippen LogP contribution in [0.25, 0.3) is 5.76 Å². The molecule has 0 saturated carbocycles. The third kappa shape index (κ3) is 7.80. The first-order valence-corrected chi connectivity index (χ1v) is 15.1. The molecule has 1 aliphatic heterocycles. The normalized spacial score (nSPS) is 16.2. The van der Waals surface area contributed by atoms with E-state index in [1.165, 1.54) is 0 Å². The van der Waals surface area contributed by atoms with Crippen molar-refractivity contribution in [3.05, 3.63) is 94.6 Å². The number of rotatable bonds is 14. The molecule has 4 rings (SSSR count). The van der Waals surface area contributed by atoms with E-state index >= 15 is 0 Å². The Morgan fingerprint density at radius 1 is 0.977 bits per heavy atom. The summed E-state index contributed by atoms with van der Waals surface area (Å²) in [5.41, 5.74) is 3.35. The van der Waals surface area contributed by atoms with Gasteiger partial charge in [-0.1, -0.05) is 44.2 Å². The van der Waals surface area contributed by atoms with Crippen molar-refractivity contribution in [1.29, 1.82) is 0 Å². The summed E-state index contributed by atoms with van der Waals surface area (Å²) in [7, 11) is 5.48. The van der Waals surface area contributed by atoms with Gasteiger partial charge < -0.3 is 29.1 Å². The highest BCUT2D eigenvalue weighted by molar-refractivity contribution is 6.46. The number of nitrogens with zero attached hydrogens (tertiary/aromatic N) is 2. The summed E-state index contributed by atoms with van der Waals surface area (Å²) in [5.74, 6) is 0.630. The van der Waals surface area contributed by atoms with E-state index < -0.39 is 17.7 Å². The zero-order valence-corrected chi connectivity index (χ0v) is 26.6. The summed E-state index contributed by atoms with van der Waals surface area (Å²) >= 11 is 0. The molecule has 234 valence electrons. The van der Waals surface area contributed by atoms with Gasteiger partial charge in [-0.15, -0.1) is 0 Å². The molecule has 0 aromatic heterocycles. The molecular formula is C36H44N2O6. The van der Waals surface area contributed by atoms with E-state index in [0.29, 0.717) is 60.5 Å². The molecule has 8 nitrogen and oxygen atoms in total. The maximum absolute atomic E-state index is 13.5. The third-order valence-electron chi connectivity index (χ3n) is 7.78. The average Bonchev–Trinajstić information content (AvgIpc) is 3.25. The lowest BCUT2D eigenvalue weighted by atomic mass is 9.95. The van der Waals surface area contributed by atoms with Crippen LogP contribution in [0.15, 0.2) is 72.3 Å². The predicted molar refractivity (Wildman–Crippen MR) is 172 cm³/mol. The smallest absolute Gasteiger partial charge is 0.295 e. The summed E-state index contributed by atoms with van der Waals surface area (Å²) in [6, 6.07) is 19.6. The molecule has 3 aromatic carbocycles. The fraction of sp³-hybridized carbons (Fsp3) is 0.389. The summed E-state index contributed by atoms with van der Waals surface area (Å²) in [4.78, 5) is 30.5. The number of ether oxygens (including phenoxy) is 3. The van der Waals surface area contributed by atoms with Crippen molar-refractivity contribution in [3.63, 3.8) is 0 Å². The van der Waals surface area contributed by atoms with Crippen molar-refractivity contribution in [2.24, 2.45) is 5.92 Å². The molecule has 1 atom stereocenters. The zero-order valence-electron chi connectivity index (χ0n) is 26.6. The molecule has 0 bridgehead atoms. The first-order chi connectivity index (χ1) is 21.1. The van der Waals surface area contributed by atoms with Crippen LogP contribution < -0.4 is 14.2 Å². The minimum Gasteiger partial charge on any atom is -0.507 e. The Balaban J connectivity index is 1.66. The van der Waals surface area contributed by atoms with Crippen LogP contribution in [-0.2, 0) is 16.2 Å². The Morgan fingerprint density at radius 3 is 2.36 bits per heavy atom. The number of hydrogen-bond acceptors (Lipinski definition) is 7. The summed E-state index contributed by atoms with van der Waals surface area (Å²) in [6.45, 7) is 8.35. The maximum atomic E-state index is 13.5. The number of aliphatic hydroxyl groups is 1. The van der Waals surface area contributed by atoms with Gasteiger partial charge in [0.15, 0.2) is 11.5 Å². The predicted octanol–water partition coefficient (Wildman–Crippen LogP) is 6.38. The van der Waals surface area contributed by atoms with Crippen LogP contribution in [0.5, 0.6) is 17.2 Å². The Labute approximate surface area is 260 Å². The van der Waals surface area contributed by atoms with Crippen LogP contribution in [0, 0.1) is 12.8 Å². The van der Waals surface area contributed by atoms with E-state index in [4.69, 9.17) is 14.2 Å². The van der Waals surface area contributed by atoms with Gasteiger partial charge in [0.25, 0.3) is 11.7 Å². The molecule has 1 saturated heterocycles. The number of likely N-dealkylation sites (tertiary alicyclic amines) is 1. The SMILES string of the molecule is COc1cc(C2C(=C(O)c3ccc(OCc4ccccc4C)cc3)C(=O)C(=O)N2CCCN(C)C)ccc1OCCC(C)C. The van der Waals surface area contributed by atoms with Crippen molar-refractivity contribution < 1.29 is 28.9 Å². The molecule has 1 amide bonds. The van der Waals surface area contributed by atoms with E-state index in [0.717, 1.165) is 24.1 Å². The fourth-order valence-corrected chi connectivity index (χ4v) is 5.19. The van der Waals surface area contributed by atoms with Gasteiger partial charge in [-0.05, 0) is 99.4 Å². The van der Waals surface area contributed by atoms with Gasteiger partial charge in [-0.25, -0.2) is 0 Å². The molecule has 1 fully saturated rings. The lowest BCUT2D eigenvalue weighted by Gasteiger charge is -2.26. The highest BCUT2D eigenvalue weighted by Gasteiger charge is 2.46. The fourth-order valence-electron chi connectivity index (χ4n) is 5.19. The van der Waals surface area contributed by atoms with Gasteiger partial charge in [0, 0.05) is 12.1 Å². The molecule has 0 radical (unpaired) electrons. The van der Waals surface area contributed by atoms with E-state index in [1.807, 2.05) is 56.3 Å². The molecule has 1 aliphatic rings. The van der Waals surface area contributed by atoms with E-state index in [-0.39, 0.29) is 11.3 Å². The van der Waals surface area contributed by atoms with Crippen molar-refractivity contribution in [1.82, 2.24) is 9.80 Å². The minimum atomic E-state index is -0.784. The molecular weight excluding hydrogens is 556 g/mol. The number of Topliss-reactive ketones (excluding diaryl/α,β-unsaturated/α-hetero) is 1. The number of ketones is 1. The zero-order chi connectivity index (χ0) is 31.8. The van der Waals surface area contributed by atoms with E-state index in [1.54, 1.807) is 48.4 Å². The maximum Gasteiger partial charge on any atom is 0.295 e. The van der Waals surface area contributed by atoms with Gasteiger partial charge in [0.1, 0.15) is 18.1 Å². The Kier molecular flexibility index (Phi) is 11.1. The van der Waals surface area contributed by atoms with Crippen molar-refractivity contribution in [3.8, 4) is 17.2 Å². The molecule has 8 heteroatoms. The number of amides is 1. The molecule has 0 aliphatic carbocycles. The molecule has 3 aromatic rings. The van der Waals surface area contributed by atoms with Crippen LogP contribution in [0.4, 0.5) is 0 Å². The monoisotopic (exact) mass is 600 g/mol. The summed E-state index contributed by atoms with van der Waals surface area (Å²) in [6.07, 6.45) is 1.56. The first kappa shape index (κ1) is 32.6. The highest BCUT2D eigenvalue weighted by Crippen LogP contribution is 2.42. The van der Waals surface area contributed by atoms with Crippen LogP contribution in [0.3, 0.4) is 0 Å². The van der Waals surface area contributed by atoms with Crippen LogP contribution in [0.2, 0.25) is 0 Å². The second-order valence-electron chi connectivity index (χ2n) is 11.8. The number of benzene rings is 3. The Morgan fingerprint density at radius 2 is 1.70 bits per heavy atom. The van der Waals surface area contributed by atoms with E-state index in [2.05, 4.69) is 13.8 Å². The van der Waals surface area contributed by atoms with Gasteiger partial charge in [0.05, 0.1) is 25.3 Å². The van der Waals surface area contributed by atoms with Crippen LogP contribution in [-0.4, -0.2) is 67.5 Å². The molecule has 44 heavy (non-hydrogen) atoms. The number of carbonyl (C=O) groups excluding carboxylic acids is 2. The quantitative estimate of drug-likeness (QED) is 0.131. The van der Waals surface area contributed by atoms with Gasteiger partial charge in [0.2, 0.25) is 0 Å². The minimum absolute atomic E-state index is 0.0453. The summed E-state index contributed by atoms with van der Waals surface area (Å²) < 4.78 is 17.6. The van der Waals surface area contributed by atoms with Gasteiger partial charge in [-0.2, -0.15) is 0 Å². The topological polar surface area (TPSA) is 88.5 Å². The number of hydrogen-bond donors (Lipinski definition) is 1. The first-order valence-electron chi connectivity index (χ1n) is 15.1. The van der Waals surface area contributed by atoms with Gasteiger partial charge in [-0.3, -0.25) is 9.59 Å². The Hall–Kier alpha value is -4.30. The average molecular weight is 601 g/mol.